The Morgan fingerprint density at radius 2 is 2.04 bits per heavy atom. The number of rotatable bonds is 7. The van der Waals surface area contributed by atoms with Gasteiger partial charge in [0.15, 0.2) is 0 Å². The molecule has 0 bridgehead atoms. The van der Waals surface area contributed by atoms with Crippen LogP contribution in [0.3, 0.4) is 0 Å². The van der Waals surface area contributed by atoms with Crippen molar-refractivity contribution in [2.75, 3.05) is 13.1 Å². The number of carboxylic acid groups (broad SMARTS) is 1. The van der Waals surface area contributed by atoms with E-state index in [0.717, 1.165) is 17.7 Å². The first-order valence-corrected chi connectivity index (χ1v) is 9.51. The molecule has 2 heterocycles. The van der Waals surface area contributed by atoms with Crippen LogP contribution in [0.5, 0.6) is 0 Å². The molecule has 0 saturated carbocycles. The zero-order valence-electron chi connectivity index (χ0n) is 16.0. The lowest BCUT2D eigenvalue weighted by atomic mass is 10.0. The maximum absolute atomic E-state index is 12.7. The molecule has 0 spiro atoms. The van der Waals surface area contributed by atoms with Gasteiger partial charge in [0.05, 0.1) is 5.69 Å². The molecule has 2 amide bonds. The Labute approximate surface area is 164 Å². The van der Waals surface area contributed by atoms with Gasteiger partial charge in [-0.25, -0.2) is 4.79 Å². The van der Waals surface area contributed by atoms with Crippen molar-refractivity contribution in [1.82, 2.24) is 20.0 Å². The minimum atomic E-state index is -0.853. The van der Waals surface area contributed by atoms with Crippen LogP contribution in [0, 0.1) is 0 Å². The molecule has 1 aromatic carbocycles. The fourth-order valence-corrected chi connectivity index (χ4v) is 3.46. The molecular weight excluding hydrogens is 356 g/mol. The Kier molecular flexibility index (Phi) is 6.47. The number of nitrogens with zero attached hydrogens (tertiary/aromatic N) is 3. The van der Waals surface area contributed by atoms with Crippen molar-refractivity contribution in [2.45, 2.75) is 31.7 Å². The molecule has 2 N–H and O–H groups in total. The van der Waals surface area contributed by atoms with Crippen LogP contribution in [-0.2, 0) is 18.3 Å². The van der Waals surface area contributed by atoms with Crippen LogP contribution in [0.4, 0.5) is 4.79 Å². The van der Waals surface area contributed by atoms with Gasteiger partial charge in [-0.15, -0.1) is 0 Å². The minimum Gasteiger partial charge on any atom is -0.481 e. The fraction of sp³-hybridized carbons (Fsp3) is 0.381. The Morgan fingerprint density at radius 3 is 2.64 bits per heavy atom. The van der Waals surface area contributed by atoms with E-state index in [-0.39, 0.29) is 18.5 Å². The van der Waals surface area contributed by atoms with E-state index in [1.165, 1.54) is 5.57 Å². The second-order valence-corrected chi connectivity index (χ2v) is 7.03. The van der Waals surface area contributed by atoms with Crippen molar-refractivity contribution >= 4 is 17.6 Å². The van der Waals surface area contributed by atoms with Crippen LogP contribution in [0.1, 0.15) is 30.5 Å². The van der Waals surface area contributed by atoms with Gasteiger partial charge in [0.2, 0.25) is 0 Å². The highest BCUT2D eigenvalue weighted by Crippen LogP contribution is 2.21. The summed E-state index contributed by atoms with van der Waals surface area (Å²) >= 11 is 0. The van der Waals surface area contributed by atoms with E-state index in [0.29, 0.717) is 25.9 Å². The third kappa shape index (κ3) is 5.22. The van der Waals surface area contributed by atoms with Crippen molar-refractivity contribution in [3.63, 3.8) is 0 Å². The summed E-state index contributed by atoms with van der Waals surface area (Å²) in [4.78, 5) is 25.5. The second kappa shape index (κ2) is 9.21. The van der Waals surface area contributed by atoms with Gasteiger partial charge < -0.3 is 15.3 Å². The van der Waals surface area contributed by atoms with Gasteiger partial charge in [0, 0.05) is 38.8 Å². The number of amides is 2. The lowest BCUT2D eigenvalue weighted by Crippen LogP contribution is -2.47. The average Bonchev–Trinajstić information content (AvgIpc) is 3.13. The van der Waals surface area contributed by atoms with Crippen LogP contribution in [-0.4, -0.2) is 50.9 Å². The van der Waals surface area contributed by atoms with Crippen molar-refractivity contribution in [1.29, 1.82) is 0 Å². The summed E-state index contributed by atoms with van der Waals surface area (Å²) in [5.74, 6) is -0.853. The number of benzene rings is 1. The number of aromatic nitrogens is 2. The first kappa shape index (κ1) is 19.7. The molecule has 148 valence electrons. The van der Waals surface area contributed by atoms with E-state index in [9.17, 15) is 9.59 Å². The molecule has 1 unspecified atom stereocenters. The molecule has 1 aliphatic rings. The predicted octanol–water partition coefficient (Wildman–Crippen LogP) is 2.69. The molecule has 1 atom stereocenters. The number of aryl methyl sites for hydroxylation is 1. The number of carboxylic acids is 1. The molecule has 0 radical (unpaired) electrons. The lowest BCUT2D eigenvalue weighted by Gasteiger charge is -2.29. The number of nitrogens with one attached hydrogen (secondary N) is 1. The molecule has 0 saturated heterocycles. The van der Waals surface area contributed by atoms with E-state index < -0.39 is 5.97 Å². The normalized spacial score (nSPS) is 15.0. The van der Waals surface area contributed by atoms with Gasteiger partial charge in [-0.1, -0.05) is 36.4 Å². The Bertz CT molecular complexity index is 844. The highest BCUT2D eigenvalue weighted by Gasteiger charge is 2.22. The molecule has 7 heteroatoms. The number of carbonyl (C=O) groups excluding carboxylic acids is 1. The average molecular weight is 382 g/mol. The van der Waals surface area contributed by atoms with E-state index >= 15 is 0 Å². The molecule has 0 aliphatic carbocycles. The molecule has 28 heavy (non-hydrogen) atoms. The van der Waals surface area contributed by atoms with Crippen molar-refractivity contribution in [3.8, 4) is 0 Å². The number of carbonyl (C=O) groups is 2. The molecular formula is C21H26N4O3. The summed E-state index contributed by atoms with van der Waals surface area (Å²) < 4.78 is 1.84. The van der Waals surface area contributed by atoms with Crippen LogP contribution < -0.4 is 5.32 Å². The quantitative estimate of drug-likeness (QED) is 0.771. The van der Waals surface area contributed by atoms with Crippen molar-refractivity contribution in [2.24, 2.45) is 7.05 Å². The van der Waals surface area contributed by atoms with E-state index in [2.05, 4.69) is 16.5 Å². The summed E-state index contributed by atoms with van der Waals surface area (Å²) in [6, 6.07) is 11.4. The van der Waals surface area contributed by atoms with Crippen molar-refractivity contribution < 1.29 is 14.7 Å². The Hall–Kier alpha value is -3.09. The molecule has 0 fully saturated rings. The summed E-state index contributed by atoms with van der Waals surface area (Å²) in [7, 11) is 1.91. The highest BCUT2D eigenvalue weighted by molar-refractivity contribution is 5.77. The minimum absolute atomic E-state index is 0.0301. The van der Waals surface area contributed by atoms with Gasteiger partial charge in [-0.2, -0.15) is 5.10 Å². The Morgan fingerprint density at radius 1 is 1.25 bits per heavy atom. The number of urea groups is 1. The van der Waals surface area contributed by atoms with Crippen LogP contribution in [0.25, 0.3) is 5.57 Å². The van der Waals surface area contributed by atoms with E-state index in [1.54, 1.807) is 11.1 Å². The SMILES string of the molecule is Cn1nccc1C1=CCN(C(=O)NC(CCC(=O)O)Cc2ccccc2)CC1. The van der Waals surface area contributed by atoms with Crippen LogP contribution in [0.15, 0.2) is 48.7 Å². The van der Waals surface area contributed by atoms with Crippen LogP contribution >= 0.6 is 0 Å². The largest absolute Gasteiger partial charge is 0.481 e. The smallest absolute Gasteiger partial charge is 0.317 e. The summed E-state index contributed by atoms with van der Waals surface area (Å²) in [5.41, 5.74) is 3.34. The maximum Gasteiger partial charge on any atom is 0.317 e. The number of aliphatic carboxylic acids is 1. The second-order valence-electron chi connectivity index (χ2n) is 7.03. The summed E-state index contributed by atoms with van der Waals surface area (Å²) in [6.07, 6.45) is 5.65. The van der Waals surface area contributed by atoms with Crippen LogP contribution in [0.2, 0.25) is 0 Å². The third-order valence-electron chi connectivity index (χ3n) is 5.01. The zero-order valence-corrected chi connectivity index (χ0v) is 16.0. The number of hydrogen-bond donors (Lipinski definition) is 2. The van der Waals surface area contributed by atoms with Gasteiger partial charge in [0.1, 0.15) is 0 Å². The van der Waals surface area contributed by atoms with E-state index in [4.69, 9.17) is 5.11 Å². The first-order valence-electron chi connectivity index (χ1n) is 9.51. The highest BCUT2D eigenvalue weighted by atomic mass is 16.4. The zero-order chi connectivity index (χ0) is 19.9. The van der Waals surface area contributed by atoms with Crippen molar-refractivity contribution in [3.05, 3.63) is 59.9 Å². The molecule has 7 nitrogen and oxygen atoms in total. The van der Waals surface area contributed by atoms with Gasteiger partial charge >= 0.3 is 12.0 Å². The predicted molar refractivity (Wildman–Crippen MR) is 107 cm³/mol. The number of hydrogen-bond acceptors (Lipinski definition) is 3. The molecule has 1 aliphatic heterocycles. The molecule has 2 aromatic rings. The monoisotopic (exact) mass is 382 g/mol. The molecule has 1 aromatic heterocycles. The fourth-order valence-electron chi connectivity index (χ4n) is 3.46. The topological polar surface area (TPSA) is 87.5 Å². The Balaban J connectivity index is 1.60. The lowest BCUT2D eigenvalue weighted by molar-refractivity contribution is -0.137. The summed E-state index contributed by atoms with van der Waals surface area (Å²) in [6.45, 7) is 1.16. The third-order valence-corrected chi connectivity index (χ3v) is 5.01. The molecule has 3 rings (SSSR count). The standard InChI is InChI=1S/C21H26N4O3/c1-24-19(9-12-22-24)17-10-13-25(14-11-17)21(28)23-18(7-8-20(26)27)15-16-5-3-2-4-6-16/h2-6,9-10,12,18H,7-8,11,13-15H2,1H3,(H,23,28)(H,26,27). The summed E-state index contributed by atoms with van der Waals surface area (Å²) in [5, 5.41) is 16.2. The van der Waals surface area contributed by atoms with E-state index in [1.807, 2.05) is 48.1 Å². The first-order chi connectivity index (χ1) is 13.5. The van der Waals surface area contributed by atoms with Gasteiger partial charge in [-0.3, -0.25) is 9.48 Å². The van der Waals surface area contributed by atoms with Gasteiger partial charge in [0.25, 0.3) is 0 Å². The van der Waals surface area contributed by atoms with Gasteiger partial charge in [-0.05, 0) is 36.5 Å². The maximum atomic E-state index is 12.7.